The molecule has 0 aliphatic heterocycles. The van der Waals surface area contributed by atoms with Crippen molar-refractivity contribution >= 4 is 23.4 Å². The van der Waals surface area contributed by atoms with Crippen LogP contribution in [0.15, 0.2) is 66.5 Å². The lowest BCUT2D eigenvalue weighted by molar-refractivity contribution is -0.113. The van der Waals surface area contributed by atoms with Gasteiger partial charge in [0.05, 0.1) is 5.75 Å². The van der Waals surface area contributed by atoms with Crippen LogP contribution in [-0.2, 0) is 24.8 Å². The molecule has 6 nitrogen and oxygen atoms in total. The van der Waals surface area contributed by atoms with Crippen LogP contribution in [0.1, 0.15) is 11.5 Å². The van der Waals surface area contributed by atoms with Gasteiger partial charge in [-0.05, 0) is 24.3 Å². The summed E-state index contributed by atoms with van der Waals surface area (Å²) in [5.74, 6) is 1.06. The summed E-state index contributed by atoms with van der Waals surface area (Å²) in [5, 5.41) is 12.2. The van der Waals surface area contributed by atoms with Crippen LogP contribution in [0.2, 0.25) is 0 Å². The minimum absolute atomic E-state index is 0.0710. The van der Waals surface area contributed by atoms with E-state index in [0.717, 1.165) is 22.4 Å². The Balaban J connectivity index is 1.66. The van der Waals surface area contributed by atoms with Crippen LogP contribution in [0.3, 0.4) is 0 Å². The van der Waals surface area contributed by atoms with Gasteiger partial charge in [0.15, 0.2) is 5.16 Å². The largest absolute Gasteiger partial charge is 0.354 e. The van der Waals surface area contributed by atoms with Crippen molar-refractivity contribution in [3.8, 4) is 0 Å². The number of hydrogen-bond donors (Lipinski definition) is 1. The number of nitrogens with zero attached hydrogens (tertiary/aromatic N) is 4. The van der Waals surface area contributed by atoms with E-state index in [1.165, 1.54) is 11.8 Å². The Morgan fingerprint density at radius 2 is 2.04 bits per heavy atom. The number of benzene rings is 1. The first-order valence-corrected chi connectivity index (χ1v) is 9.27. The van der Waals surface area contributed by atoms with Gasteiger partial charge >= 0.3 is 0 Å². The highest BCUT2D eigenvalue weighted by Gasteiger charge is 2.14. The van der Waals surface area contributed by atoms with E-state index in [1.54, 1.807) is 0 Å². The first-order valence-electron chi connectivity index (χ1n) is 8.28. The number of aryl methyl sites for hydroxylation is 1. The number of amides is 1. The van der Waals surface area contributed by atoms with Crippen molar-refractivity contribution in [2.45, 2.75) is 18.1 Å². The fourth-order valence-electron chi connectivity index (χ4n) is 2.56. The molecule has 0 spiro atoms. The van der Waals surface area contributed by atoms with Crippen LogP contribution in [0.25, 0.3) is 0 Å². The summed E-state index contributed by atoms with van der Waals surface area (Å²) in [7, 11) is 2.01. The summed E-state index contributed by atoms with van der Waals surface area (Å²) in [4.78, 5) is 12.1. The first-order chi connectivity index (χ1) is 12.7. The molecule has 0 aliphatic carbocycles. The SMILES string of the molecule is C=CCn1c(Cc2cccn2C)nnc1SCC(=O)Nc1ccccc1. The van der Waals surface area contributed by atoms with Crippen LogP contribution in [0.4, 0.5) is 5.69 Å². The zero-order valence-corrected chi connectivity index (χ0v) is 15.4. The van der Waals surface area contributed by atoms with E-state index in [9.17, 15) is 4.79 Å². The van der Waals surface area contributed by atoms with Gasteiger partial charge in [-0.3, -0.25) is 4.79 Å². The smallest absolute Gasteiger partial charge is 0.234 e. The number of anilines is 1. The topological polar surface area (TPSA) is 64.7 Å². The molecule has 134 valence electrons. The van der Waals surface area contributed by atoms with Crippen molar-refractivity contribution in [2.75, 3.05) is 11.1 Å². The second-order valence-electron chi connectivity index (χ2n) is 5.79. The van der Waals surface area contributed by atoms with Gasteiger partial charge in [0.25, 0.3) is 0 Å². The summed E-state index contributed by atoms with van der Waals surface area (Å²) >= 11 is 1.37. The van der Waals surface area contributed by atoms with Crippen molar-refractivity contribution in [1.82, 2.24) is 19.3 Å². The lowest BCUT2D eigenvalue weighted by atomic mass is 10.3. The second kappa shape index (κ2) is 8.53. The van der Waals surface area contributed by atoms with Gasteiger partial charge in [0.1, 0.15) is 5.82 Å². The molecule has 2 heterocycles. The second-order valence-corrected chi connectivity index (χ2v) is 6.73. The number of thioether (sulfide) groups is 1. The lowest BCUT2D eigenvalue weighted by Gasteiger charge is -2.08. The van der Waals surface area contributed by atoms with Gasteiger partial charge in [-0.15, -0.1) is 16.8 Å². The van der Waals surface area contributed by atoms with Gasteiger partial charge in [-0.25, -0.2) is 0 Å². The number of para-hydroxylation sites is 1. The van der Waals surface area contributed by atoms with Crippen LogP contribution >= 0.6 is 11.8 Å². The number of hydrogen-bond acceptors (Lipinski definition) is 4. The van der Waals surface area contributed by atoms with Crippen molar-refractivity contribution < 1.29 is 4.79 Å². The highest BCUT2D eigenvalue weighted by molar-refractivity contribution is 7.99. The Morgan fingerprint density at radius 3 is 2.73 bits per heavy atom. The molecule has 0 fully saturated rings. The third kappa shape index (κ3) is 4.43. The molecule has 1 aromatic carbocycles. The summed E-state index contributed by atoms with van der Waals surface area (Å²) in [5.41, 5.74) is 1.94. The molecule has 2 aromatic heterocycles. The van der Waals surface area contributed by atoms with Crippen molar-refractivity contribution in [1.29, 1.82) is 0 Å². The molecule has 1 amide bonds. The van der Waals surface area contributed by atoms with E-state index in [-0.39, 0.29) is 11.7 Å². The van der Waals surface area contributed by atoms with Crippen LogP contribution in [-0.4, -0.2) is 31.0 Å². The average molecular weight is 367 g/mol. The molecule has 0 radical (unpaired) electrons. The Hall–Kier alpha value is -2.80. The molecule has 1 N–H and O–H groups in total. The van der Waals surface area contributed by atoms with Crippen LogP contribution in [0.5, 0.6) is 0 Å². The molecule has 0 saturated carbocycles. The molecule has 0 bridgehead atoms. The highest BCUT2D eigenvalue weighted by Crippen LogP contribution is 2.19. The monoisotopic (exact) mass is 367 g/mol. The highest BCUT2D eigenvalue weighted by atomic mass is 32.2. The number of carbonyl (C=O) groups is 1. The zero-order valence-electron chi connectivity index (χ0n) is 14.6. The number of allylic oxidation sites excluding steroid dienone is 1. The standard InChI is InChI=1S/C19H21N5OS/c1-3-11-24-17(13-16-10-7-12-23(16)2)21-22-19(24)26-14-18(25)20-15-8-5-4-6-9-15/h3-10,12H,1,11,13-14H2,2H3,(H,20,25). The van der Waals surface area contributed by atoms with E-state index in [4.69, 9.17) is 0 Å². The van der Waals surface area contributed by atoms with Gasteiger partial charge < -0.3 is 14.5 Å². The van der Waals surface area contributed by atoms with Gasteiger partial charge in [-0.2, -0.15) is 0 Å². The molecule has 0 aliphatic rings. The molecule has 0 atom stereocenters. The minimum atomic E-state index is -0.0710. The molecule has 3 aromatic rings. The summed E-state index contributed by atoms with van der Waals surface area (Å²) in [6, 6.07) is 13.5. The maximum absolute atomic E-state index is 12.1. The molecule has 26 heavy (non-hydrogen) atoms. The number of nitrogens with one attached hydrogen (secondary N) is 1. The predicted octanol–water partition coefficient (Wildman–Crippen LogP) is 3.12. The summed E-state index contributed by atoms with van der Waals surface area (Å²) < 4.78 is 4.06. The maximum atomic E-state index is 12.1. The van der Waals surface area contributed by atoms with Crippen molar-refractivity contribution in [2.24, 2.45) is 7.05 Å². The number of rotatable bonds is 8. The van der Waals surface area contributed by atoms with Crippen LogP contribution in [0, 0.1) is 0 Å². The van der Waals surface area contributed by atoms with Crippen molar-refractivity contribution in [3.05, 3.63) is 72.8 Å². The Labute approximate surface area is 156 Å². The Kier molecular flexibility index (Phi) is 5.91. The van der Waals surface area contributed by atoms with Gasteiger partial charge in [0, 0.05) is 37.6 Å². The van der Waals surface area contributed by atoms with E-state index in [1.807, 2.05) is 60.3 Å². The van der Waals surface area contributed by atoms with Crippen LogP contribution < -0.4 is 5.32 Å². The summed E-state index contributed by atoms with van der Waals surface area (Å²) in [6.45, 7) is 4.42. The molecule has 0 unspecified atom stereocenters. The molecular weight excluding hydrogens is 346 g/mol. The first kappa shape index (κ1) is 18.0. The lowest BCUT2D eigenvalue weighted by Crippen LogP contribution is -2.14. The third-order valence-corrected chi connectivity index (χ3v) is 4.85. The summed E-state index contributed by atoms with van der Waals surface area (Å²) in [6.07, 6.45) is 4.50. The van der Waals surface area contributed by atoms with Crippen molar-refractivity contribution in [3.63, 3.8) is 0 Å². The molecule has 0 saturated heterocycles. The number of carbonyl (C=O) groups excluding carboxylic acids is 1. The predicted molar refractivity (Wildman–Crippen MR) is 104 cm³/mol. The molecule has 7 heteroatoms. The van der Waals surface area contributed by atoms with Gasteiger partial charge in [-0.1, -0.05) is 36.0 Å². The molecule has 3 rings (SSSR count). The average Bonchev–Trinajstić information content (AvgIpc) is 3.22. The quantitative estimate of drug-likeness (QED) is 0.491. The third-order valence-electron chi connectivity index (χ3n) is 3.89. The maximum Gasteiger partial charge on any atom is 0.234 e. The van der Waals surface area contributed by atoms with Gasteiger partial charge in [0.2, 0.25) is 5.91 Å². The van der Waals surface area contributed by atoms with E-state index < -0.39 is 0 Å². The van der Waals surface area contributed by atoms with E-state index >= 15 is 0 Å². The fraction of sp³-hybridized carbons (Fsp3) is 0.211. The zero-order chi connectivity index (χ0) is 18.4. The molecular formula is C19H21N5OS. The van der Waals surface area contributed by atoms with E-state index in [2.05, 4.69) is 32.7 Å². The fourth-order valence-corrected chi connectivity index (χ4v) is 3.33. The number of aromatic nitrogens is 4. The Morgan fingerprint density at radius 1 is 1.23 bits per heavy atom. The normalized spacial score (nSPS) is 10.7. The van der Waals surface area contributed by atoms with E-state index in [0.29, 0.717) is 13.0 Å². The Bertz CT molecular complexity index is 884. The minimum Gasteiger partial charge on any atom is -0.354 e.